The van der Waals surface area contributed by atoms with Crippen molar-refractivity contribution >= 4 is 5.97 Å². The smallest absolute Gasteiger partial charge is 0.320 e. The Morgan fingerprint density at radius 3 is 2.67 bits per heavy atom. The molecule has 0 aromatic carbocycles. The van der Waals surface area contributed by atoms with E-state index in [0.717, 1.165) is 6.42 Å². The maximum Gasteiger partial charge on any atom is 0.320 e. The molecular weight excluding hydrogens is 118 g/mol. The molecule has 3 heteroatoms. The zero-order valence-electron chi connectivity index (χ0n) is 5.00. The van der Waals surface area contributed by atoms with E-state index in [1.807, 2.05) is 0 Å². The van der Waals surface area contributed by atoms with Gasteiger partial charge in [0.2, 0.25) is 0 Å². The van der Waals surface area contributed by atoms with Crippen LogP contribution in [0.25, 0.3) is 0 Å². The molecule has 1 saturated carbocycles. The van der Waals surface area contributed by atoms with E-state index in [4.69, 9.17) is 5.11 Å². The fourth-order valence-corrected chi connectivity index (χ4v) is 1.51. The van der Waals surface area contributed by atoms with E-state index >= 15 is 0 Å². The van der Waals surface area contributed by atoms with E-state index in [1.54, 1.807) is 0 Å². The molecule has 0 bridgehead atoms. The van der Waals surface area contributed by atoms with Gasteiger partial charge in [-0.2, -0.15) is 0 Å². The van der Waals surface area contributed by atoms with Crippen LogP contribution in [-0.4, -0.2) is 23.2 Å². The van der Waals surface area contributed by atoms with Crippen LogP contribution in [0.4, 0.5) is 0 Å². The number of carbonyl (C=O) groups is 1. The minimum Gasteiger partial charge on any atom is -0.480 e. The number of carboxylic acid groups (broad SMARTS) is 1. The van der Waals surface area contributed by atoms with Crippen molar-refractivity contribution in [2.45, 2.75) is 24.9 Å². The van der Waals surface area contributed by atoms with E-state index in [-0.39, 0.29) is 6.04 Å². The molecule has 2 rings (SSSR count). The highest BCUT2D eigenvalue weighted by Crippen LogP contribution is 2.40. The van der Waals surface area contributed by atoms with Gasteiger partial charge in [-0.15, -0.1) is 0 Å². The summed E-state index contributed by atoms with van der Waals surface area (Å²) in [4.78, 5) is 10.3. The summed E-state index contributed by atoms with van der Waals surface area (Å²) >= 11 is 0. The third-order valence-electron chi connectivity index (χ3n) is 2.17. The Balaban J connectivity index is 1.97. The van der Waals surface area contributed by atoms with Crippen LogP contribution in [-0.2, 0) is 4.79 Å². The molecule has 0 aromatic rings. The highest BCUT2D eigenvalue weighted by Gasteiger charge is 2.47. The van der Waals surface area contributed by atoms with Crippen LogP contribution in [0.5, 0.6) is 0 Å². The van der Waals surface area contributed by atoms with Gasteiger partial charge in [0.15, 0.2) is 0 Å². The van der Waals surface area contributed by atoms with Crippen molar-refractivity contribution in [2.75, 3.05) is 0 Å². The molecule has 1 heterocycles. The second-order valence-corrected chi connectivity index (χ2v) is 2.90. The largest absolute Gasteiger partial charge is 0.480 e. The van der Waals surface area contributed by atoms with Gasteiger partial charge in [-0.1, -0.05) is 0 Å². The molecule has 0 unspecified atom stereocenters. The third kappa shape index (κ3) is 0.721. The van der Waals surface area contributed by atoms with Crippen molar-refractivity contribution in [1.29, 1.82) is 0 Å². The molecule has 3 atom stereocenters. The highest BCUT2D eigenvalue weighted by molar-refractivity contribution is 5.74. The first-order chi connectivity index (χ1) is 4.27. The first-order valence-corrected chi connectivity index (χ1v) is 3.26. The standard InChI is InChI=1S/C6H9NO2/c8-6(9)5-2-3-1-4(3)7-5/h3-5,7H,1-2H2,(H,8,9)/t3-,4+,5-/m1/s1. The van der Waals surface area contributed by atoms with Crippen LogP contribution in [0, 0.1) is 5.92 Å². The van der Waals surface area contributed by atoms with Gasteiger partial charge >= 0.3 is 5.97 Å². The van der Waals surface area contributed by atoms with Crippen molar-refractivity contribution in [3.8, 4) is 0 Å². The monoisotopic (exact) mass is 127 g/mol. The van der Waals surface area contributed by atoms with Crippen molar-refractivity contribution < 1.29 is 9.90 Å². The van der Waals surface area contributed by atoms with Crippen molar-refractivity contribution in [2.24, 2.45) is 5.92 Å². The van der Waals surface area contributed by atoms with Gasteiger partial charge in [-0.25, -0.2) is 0 Å². The van der Waals surface area contributed by atoms with E-state index in [9.17, 15) is 4.79 Å². The van der Waals surface area contributed by atoms with E-state index in [1.165, 1.54) is 6.42 Å². The van der Waals surface area contributed by atoms with Crippen LogP contribution in [0.2, 0.25) is 0 Å². The molecule has 1 aliphatic heterocycles. The number of piperidine rings is 1. The fraction of sp³-hybridized carbons (Fsp3) is 0.833. The molecule has 2 fully saturated rings. The maximum absolute atomic E-state index is 10.3. The molecule has 9 heavy (non-hydrogen) atoms. The average molecular weight is 127 g/mol. The zero-order chi connectivity index (χ0) is 6.43. The van der Waals surface area contributed by atoms with Gasteiger partial charge in [0.25, 0.3) is 0 Å². The molecule has 3 nitrogen and oxygen atoms in total. The Kier molecular flexibility index (Phi) is 0.858. The summed E-state index contributed by atoms with van der Waals surface area (Å²) in [7, 11) is 0. The van der Waals surface area contributed by atoms with Crippen molar-refractivity contribution in [3.63, 3.8) is 0 Å². The molecule has 0 spiro atoms. The summed E-state index contributed by atoms with van der Waals surface area (Å²) in [6.45, 7) is 0. The highest BCUT2D eigenvalue weighted by atomic mass is 16.4. The zero-order valence-corrected chi connectivity index (χ0v) is 5.00. The average Bonchev–Trinajstić information content (AvgIpc) is 2.40. The Morgan fingerprint density at radius 1 is 1.56 bits per heavy atom. The second kappa shape index (κ2) is 1.48. The number of nitrogens with one attached hydrogen (secondary N) is 1. The second-order valence-electron chi connectivity index (χ2n) is 2.90. The molecule has 1 aliphatic carbocycles. The molecule has 0 radical (unpaired) electrons. The van der Waals surface area contributed by atoms with Crippen LogP contribution >= 0.6 is 0 Å². The lowest BCUT2D eigenvalue weighted by Crippen LogP contribution is -2.33. The summed E-state index contributed by atoms with van der Waals surface area (Å²) in [5.74, 6) is -0.00620. The van der Waals surface area contributed by atoms with E-state index in [2.05, 4.69) is 5.32 Å². The Labute approximate surface area is 53.1 Å². The Morgan fingerprint density at radius 2 is 2.33 bits per heavy atom. The van der Waals surface area contributed by atoms with Gasteiger partial charge < -0.3 is 10.4 Å². The Bertz CT molecular complexity index is 147. The fourth-order valence-electron chi connectivity index (χ4n) is 1.51. The molecular formula is C6H9NO2. The van der Waals surface area contributed by atoms with E-state index < -0.39 is 5.97 Å². The predicted molar refractivity (Wildman–Crippen MR) is 31.1 cm³/mol. The van der Waals surface area contributed by atoms with Crippen LogP contribution in [0.15, 0.2) is 0 Å². The van der Waals surface area contributed by atoms with E-state index in [0.29, 0.717) is 12.0 Å². The normalized spacial score (nSPS) is 46.4. The number of carboxylic acids is 1. The van der Waals surface area contributed by atoms with Crippen LogP contribution in [0.1, 0.15) is 12.8 Å². The third-order valence-corrected chi connectivity index (χ3v) is 2.17. The number of hydrogen-bond acceptors (Lipinski definition) is 2. The SMILES string of the molecule is O=C(O)[C@H]1C[C@H]2C[C@@H]2N1. The van der Waals surface area contributed by atoms with Crippen LogP contribution in [0.3, 0.4) is 0 Å². The molecule has 2 aliphatic rings. The van der Waals surface area contributed by atoms with Gasteiger partial charge in [0, 0.05) is 6.04 Å². The van der Waals surface area contributed by atoms with Gasteiger partial charge in [-0.05, 0) is 18.8 Å². The minimum atomic E-state index is -0.692. The summed E-state index contributed by atoms with van der Waals surface area (Å²) in [6.07, 6.45) is 2.05. The van der Waals surface area contributed by atoms with Crippen molar-refractivity contribution in [3.05, 3.63) is 0 Å². The lowest BCUT2D eigenvalue weighted by Gasteiger charge is -2.04. The summed E-state index contributed by atoms with van der Waals surface area (Å²) < 4.78 is 0. The van der Waals surface area contributed by atoms with Gasteiger partial charge in [0.1, 0.15) is 6.04 Å². The number of fused-ring (bicyclic) bond motifs is 1. The summed E-state index contributed by atoms with van der Waals surface area (Å²) in [6, 6.07) is 0.305. The summed E-state index contributed by atoms with van der Waals surface area (Å²) in [5.41, 5.74) is 0. The van der Waals surface area contributed by atoms with Crippen molar-refractivity contribution in [1.82, 2.24) is 5.32 Å². The first kappa shape index (κ1) is 5.23. The predicted octanol–water partition coefficient (Wildman–Crippen LogP) is -0.179. The molecule has 0 aromatic heterocycles. The molecule has 2 N–H and O–H groups in total. The Hall–Kier alpha value is -0.570. The van der Waals surface area contributed by atoms with Crippen LogP contribution < -0.4 is 5.32 Å². The minimum absolute atomic E-state index is 0.242. The van der Waals surface area contributed by atoms with Gasteiger partial charge in [0.05, 0.1) is 0 Å². The quantitative estimate of drug-likeness (QED) is 0.513. The number of aliphatic carboxylic acids is 1. The number of hydrogen-bond donors (Lipinski definition) is 2. The maximum atomic E-state index is 10.3. The summed E-state index contributed by atoms with van der Waals surface area (Å²) in [5, 5.41) is 11.5. The topological polar surface area (TPSA) is 49.3 Å². The molecule has 1 saturated heterocycles. The lowest BCUT2D eigenvalue weighted by atomic mass is 10.2. The first-order valence-electron chi connectivity index (χ1n) is 3.26. The molecule has 0 amide bonds. The van der Waals surface area contributed by atoms with Gasteiger partial charge in [-0.3, -0.25) is 4.79 Å². The lowest BCUT2D eigenvalue weighted by molar-refractivity contribution is -0.139. The molecule has 50 valence electrons. The number of rotatable bonds is 1.